The largest absolute Gasteiger partial charge is 0.491 e. The first kappa shape index (κ1) is 16.0. The Bertz CT molecular complexity index is 642. The Labute approximate surface area is 130 Å². The lowest BCUT2D eigenvalue weighted by molar-refractivity contribution is -0.121. The number of amides is 1. The second-order valence-corrected chi connectivity index (χ2v) is 5.31. The highest BCUT2D eigenvalue weighted by molar-refractivity contribution is 5.78. The summed E-state index contributed by atoms with van der Waals surface area (Å²) in [7, 11) is 0. The number of ether oxygens (including phenoxy) is 1. The number of halogens is 1. The number of carbonyl (C=O) groups is 1. The standard InChI is InChI=1S/C18H20FNO2/c1-13-7-3-6-10-17(13)22-12-14(2)20-18(21)11-15-8-4-5-9-16(15)19/h3-10,14H,11-12H2,1-2H3,(H,20,21)/t14-/m1/s1. The number of nitrogens with one attached hydrogen (secondary N) is 1. The Morgan fingerprint density at radius 2 is 1.86 bits per heavy atom. The molecule has 0 bridgehead atoms. The highest BCUT2D eigenvalue weighted by atomic mass is 19.1. The third-order valence-corrected chi connectivity index (χ3v) is 3.30. The Balaban J connectivity index is 1.82. The summed E-state index contributed by atoms with van der Waals surface area (Å²) in [6, 6.07) is 13.9. The van der Waals surface area contributed by atoms with E-state index in [0.717, 1.165) is 11.3 Å². The van der Waals surface area contributed by atoms with E-state index >= 15 is 0 Å². The highest BCUT2D eigenvalue weighted by Gasteiger charge is 2.11. The molecule has 0 saturated carbocycles. The zero-order chi connectivity index (χ0) is 15.9. The maximum atomic E-state index is 13.5. The van der Waals surface area contributed by atoms with Crippen LogP contribution >= 0.6 is 0 Å². The molecule has 0 saturated heterocycles. The monoisotopic (exact) mass is 301 g/mol. The van der Waals surface area contributed by atoms with Crippen molar-refractivity contribution in [2.75, 3.05) is 6.61 Å². The van der Waals surface area contributed by atoms with Crippen LogP contribution in [0.4, 0.5) is 4.39 Å². The molecule has 0 aromatic heterocycles. The first-order valence-corrected chi connectivity index (χ1v) is 7.27. The zero-order valence-electron chi connectivity index (χ0n) is 12.8. The summed E-state index contributed by atoms with van der Waals surface area (Å²) in [5.41, 5.74) is 1.44. The van der Waals surface area contributed by atoms with Gasteiger partial charge in [0.1, 0.15) is 18.2 Å². The van der Waals surface area contributed by atoms with E-state index in [1.165, 1.54) is 6.07 Å². The molecule has 0 spiro atoms. The lowest BCUT2D eigenvalue weighted by Gasteiger charge is -2.16. The molecule has 2 rings (SSSR count). The van der Waals surface area contributed by atoms with Crippen molar-refractivity contribution in [2.45, 2.75) is 26.3 Å². The van der Waals surface area contributed by atoms with Gasteiger partial charge in [-0.25, -0.2) is 4.39 Å². The maximum absolute atomic E-state index is 13.5. The Hall–Kier alpha value is -2.36. The minimum absolute atomic E-state index is 0.0291. The topological polar surface area (TPSA) is 38.3 Å². The van der Waals surface area contributed by atoms with Gasteiger partial charge in [0.05, 0.1) is 12.5 Å². The van der Waals surface area contributed by atoms with Crippen LogP contribution in [0.5, 0.6) is 5.75 Å². The van der Waals surface area contributed by atoms with E-state index < -0.39 is 0 Å². The van der Waals surface area contributed by atoms with E-state index in [9.17, 15) is 9.18 Å². The molecule has 0 radical (unpaired) electrons. The average molecular weight is 301 g/mol. The Morgan fingerprint density at radius 1 is 1.18 bits per heavy atom. The van der Waals surface area contributed by atoms with Crippen molar-refractivity contribution in [3.05, 3.63) is 65.5 Å². The number of rotatable bonds is 6. The Morgan fingerprint density at radius 3 is 2.59 bits per heavy atom. The van der Waals surface area contributed by atoms with E-state index in [-0.39, 0.29) is 24.2 Å². The SMILES string of the molecule is Cc1ccccc1OC[C@@H](C)NC(=O)Cc1ccccc1F. The molecule has 1 amide bonds. The van der Waals surface area contributed by atoms with Gasteiger partial charge < -0.3 is 10.1 Å². The van der Waals surface area contributed by atoms with Gasteiger partial charge >= 0.3 is 0 Å². The molecule has 4 heteroatoms. The number of hydrogen-bond acceptors (Lipinski definition) is 2. The van der Waals surface area contributed by atoms with E-state index in [1.54, 1.807) is 18.2 Å². The fraction of sp³-hybridized carbons (Fsp3) is 0.278. The van der Waals surface area contributed by atoms with Gasteiger partial charge in [0.2, 0.25) is 5.91 Å². The number of para-hydroxylation sites is 1. The summed E-state index contributed by atoms with van der Waals surface area (Å²) >= 11 is 0. The predicted octanol–water partition coefficient (Wildman–Crippen LogP) is 3.26. The van der Waals surface area contributed by atoms with Gasteiger partial charge in [0.25, 0.3) is 0 Å². The lowest BCUT2D eigenvalue weighted by atomic mass is 10.1. The van der Waals surface area contributed by atoms with Gasteiger partial charge in [-0.15, -0.1) is 0 Å². The van der Waals surface area contributed by atoms with Crippen LogP contribution in [0.1, 0.15) is 18.1 Å². The molecule has 1 N–H and O–H groups in total. The van der Waals surface area contributed by atoms with Crippen molar-refractivity contribution in [3.8, 4) is 5.75 Å². The molecule has 0 heterocycles. The van der Waals surface area contributed by atoms with Gasteiger partial charge in [-0.2, -0.15) is 0 Å². The van der Waals surface area contributed by atoms with Crippen molar-refractivity contribution in [1.82, 2.24) is 5.32 Å². The van der Waals surface area contributed by atoms with Crippen LogP contribution in [0.3, 0.4) is 0 Å². The van der Waals surface area contributed by atoms with Gasteiger partial charge in [-0.05, 0) is 37.1 Å². The van der Waals surface area contributed by atoms with Crippen LogP contribution in [0.2, 0.25) is 0 Å². The molecule has 0 fully saturated rings. The normalized spacial score (nSPS) is 11.8. The van der Waals surface area contributed by atoms with E-state index in [0.29, 0.717) is 12.2 Å². The van der Waals surface area contributed by atoms with Crippen molar-refractivity contribution in [1.29, 1.82) is 0 Å². The van der Waals surface area contributed by atoms with Crippen LogP contribution in [-0.2, 0) is 11.2 Å². The van der Waals surface area contributed by atoms with Crippen LogP contribution < -0.4 is 10.1 Å². The summed E-state index contributed by atoms with van der Waals surface area (Å²) in [5, 5.41) is 2.81. The molecule has 0 aliphatic heterocycles. The smallest absolute Gasteiger partial charge is 0.224 e. The third kappa shape index (κ3) is 4.58. The predicted molar refractivity (Wildman–Crippen MR) is 84.4 cm³/mol. The van der Waals surface area contributed by atoms with E-state index in [4.69, 9.17) is 4.74 Å². The number of hydrogen-bond donors (Lipinski definition) is 1. The summed E-state index contributed by atoms with van der Waals surface area (Å²) in [6.45, 7) is 4.20. The van der Waals surface area contributed by atoms with Crippen LogP contribution in [0.25, 0.3) is 0 Å². The molecular weight excluding hydrogens is 281 g/mol. The second kappa shape index (κ2) is 7.59. The molecule has 116 valence electrons. The summed E-state index contributed by atoms with van der Waals surface area (Å²) < 4.78 is 19.2. The van der Waals surface area contributed by atoms with Gasteiger partial charge in [0, 0.05) is 0 Å². The molecule has 3 nitrogen and oxygen atoms in total. The van der Waals surface area contributed by atoms with Crippen LogP contribution in [0.15, 0.2) is 48.5 Å². The van der Waals surface area contributed by atoms with Crippen molar-refractivity contribution >= 4 is 5.91 Å². The van der Waals surface area contributed by atoms with Crippen LogP contribution in [0, 0.1) is 12.7 Å². The minimum Gasteiger partial charge on any atom is -0.491 e. The van der Waals surface area contributed by atoms with Crippen LogP contribution in [-0.4, -0.2) is 18.6 Å². The first-order chi connectivity index (χ1) is 10.6. The molecule has 2 aromatic rings. The third-order valence-electron chi connectivity index (χ3n) is 3.30. The van der Waals surface area contributed by atoms with Crippen molar-refractivity contribution in [2.24, 2.45) is 0 Å². The highest BCUT2D eigenvalue weighted by Crippen LogP contribution is 2.16. The fourth-order valence-electron chi connectivity index (χ4n) is 2.12. The van der Waals surface area contributed by atoms with Crippen molar-refractivity contribution < 1.29 is 13.9 Å². The maximum Gasteiger partial charge on any atom is 0.224 e. The number of aryl methyl sites for hydroxylation is 1. The summed E-state index contributed by atoms with van der Waals surface area (Å²) in [4.78, 5) is 11.9. The quantitative estimate of drug-likeness (QED) is 0.889. The molecule has 22 heavy (non-hydrogen) atoms. The van der Waals surface area contributed by atoms with E-state index in [2.05, 4.69) is 5.32 Å². The van der Waals surface area contributed by atoms with Crippen molar-refractivity contribution in [3.63, 3.8) is 0 Å². The molecule has 2 aromatic carbocycles. The lowest BCUT2D eigenvalue weighted by Crippen LogP contribution is -2.37. The number of benzene rings is 2. The van der Waals surface area contributed by atoms with Gasteiger partial charge in [0.15, 0.2) is 0 Å². The second-order valence-electron chi connectivity index (χ2n) is 5.31. The summed E-state index contributed by atoms with van der Waals surface area (Å²) in [6.07, 6.45) is 0.0291. The summed E-state index contributed by atoms with van der Waals surface area (Å²) in [5.74, 6) is 0.227. The molecule has 0 aliphatic carbocycles. The fourth-order valence-corrected chi connectivity index (χ4v) is 2.12. The molecule has 0 unspecified atom stereocenters. The Kier molecular flexibility index (Phi) is 5.53. The molecular formula is C18H20FNO2. The number of carbonyl (C=O) groups excluding carboxylic acids is 1. The first-order valence-electron chi connectivity index (χ1n) is 7.27. The van der Waals surface area contributed by atoms with Gasteiger partial charge in [-0.3, -0.25) is 4.79 Å². The molecule has 0 aliphatic rings. The zero-order valence-corrected chi connectivity index (χ0v) is 12.8. The minimum atomic E-state index is -0.360. The van der Waals surface area contributed by atoms with Gasteiger partial charge in [-0.1, -0.05) is 36.4 Å². The molecule has 1 atom stereocenters. The average Bonchev–Trinajstić information content (AvgIpc) is 2.49. The van der Waals surface area contributed by atoms with E-state index in [1.807, 2.05) is 38.1 Å².